The van der Waals surface area contributed by atoms with Crippen molar-refractivity contribution in [3.8, 4) is 0 Å². The van der Waals surface area contributed by atoms with E-state index in [-0.39, 0.29) is 45.2 Å². The molecule has 1 N–H and O–H groups in total. The number of rotatable bonds is 15. The summed E-state index contributed by atoms with van der Waals surface area (Å²) < 4.78 is 44.1. The van der Waals surface area contributed by atoms with Gasteiger partial charge in [0.2, 0.25) is 0 Å². The van der Waals surface area contributed by atoms with Gasteiger partial charge in [0.25, 0.3) is 0 Å². The summed E-state index contributed by atoms with van der Waals surface area (Å²) in [5.41, 5.74) is 2.27. The van der Waals surface area contributed by atoms with Gasteiger partial charge in [0, 0.05) is 32.9 Å². The Labute approximate surface area is 209 Å². The fourth-order valence-electron chi connectivity index (χ4n) is 5.27. The van der Waals surface area contributed by atoms with Gasteiger partial charge in [-0.2, -0.15) is 0 Å². The summed E-state index contributed by atoms with van der Waals surface area (Å²) in [6, 6.07) is 4.24. The molecule has 2 aliphatic carbocycles. The summed E-state index contributed by atoms with van der Waals surface area (Å²) in [5, 5.41) is 12.5. The van der Waals surface area contributed by atoms with Crippen LogP contribution in [0.1, 0.15) is 81.4 Å². The van der Waals surface area contributed by atoms with Gasteiger partial charge in [0.05, 0.1) is 5.60 Å². The van der Waals surface area contributed by atoms with Crippen molar-refractivity contribution in [3.63, 3.8) is 0 Å². The van der Waals surface area contributed by atoms with Gasteiger partial charge in [-0.15, -0.1) is 18.1 Å². The maximum Gasteiger partial charge on any atom is 0.697 e. The third-order valence-corrected chi connectivity index (χ3v) is 9.03. The lowest BCUT2D eigenvalue weighted by Crippen LogP contribution is -2.38. The normalized spacial score (nSPS) is 20.9. The molecule has 0 amide bonds. The molecule has 2 aliphatic rings. The van der Waals surface area contributed by atoms with E-state index >= 15 is 0 Å². The third-order valence-electron chi connectivity index (χ3n) is 6.95. The van der Waals surface area contributed by atoms with Crippen LogP contribution < -0.4 is 0 Å². The van der Waals surface area contributed by atoms with Gasteiger partial charge < -0.3 is 5.11 Å². The predicted octanol–water partition coefficient (Wildman–Crippen LogP) is 7.03. The Hall–Kier alpha value is -0.490. The maximum absolute atomic E-state index is 11.8. The van der Waals surface area contributed by atoms with Crippen LogP contribution in [0.25, 0.3) is 0 Å². The Kier molecular flexibility index (Phi) is 11.3. The van der Waals surface area contributed by atoms with Crippen LogP contribution in [0.3, 0.4) is 0 Å². The highest BCUT2D eigenvalue weighted by molar-refractivity contribution is 7.33. The Morgan fingerprint density at radius 3 is 2.12 bits per heavy atom. The molecule has 0 spiro atoms. The second kappa shape index (κ2) is 13.7. The van der Waals surface area contributed by atoms with Crippen molar-refractivity contribution in [1.82, 2.24) is 0 Å². The lowest BCUT2D eigenvalue weighted by molar-refractivity contribution is -0.0244. The zero-order chi connectivity index (χ0) is 24.6. The molecule has 1 fully saturated rings. The van der Waals surface area contributed by atoms with Crippen molar-refractivity contribution in [2.75, 3.05) is 26.4 Å². The number of fused-ring (bicyclic) bond motifs is 1. The topological polar surface area (TPSA) is 91.3 Å². The molecule has 3 rings (SSSR count). The SMILES string of the molecule is CCO[P+](=O)OCCC(O)(CCO[P+](=O)OCC)C1CCc2cc(CC3CCCC3)c(Cl)cc21. The van der Waals surface area contributed by atoms with E-state index in [1.165, 1.54) is 36.8 Å². The molecule has 1 saturated carbocycles. The van der Waals surface area contributed by atoms with E-state index in [0.717, 1.165) is 29.8 Å². The average Bonchev–Trinajstić information content (AvgIpc) is 3.44. The second-order valence-corrected chi connectivity index (χ2v) is 11.5. The molecule has 10 heteroatoms. The number of halogens is 1. The van der Waals surface area contributed by atoms with Crippen LogP contribution in [0.5, 0.6) is 0 Å². The number of aryl methyl sites for hydroxylation is 1. The minimum Gasteiger partial charge on any atom is -0.389 e. The highest BCUT2D eigenvalue weighted by atomic mass is 35.5. The van der Waals surface area contributed by atoms with Crippen LogP contribution in [0.2, 0.25) is 5.02 Å². The maximum atomic E-state index is 11.8. The first kappa shape index (κ1) is 28.1. The summed E-state index contributed by atoms with van der Waals surface area (Å²) in [6.45, 7) is 4.20. The first-order valence-corrected chi connectivity index (χ1v) is 14.9. The summed E-state index contributed by atoms with van der Waals surface area (Å²) >= 11 is 6.72. The highest BCUT2D eigenvalue weighted by Crippen LogP contribution is 2.46. The molecule has 0 bridgehead atoms. The Bertz CT molecular complexity index is 821. The molecule has 0 heterocycles. The van der Waals surface area contributed by atoms with E-state index in [0.29, 0.717) is 5.92 Å². The first-order valence-electron chi connectivity index (χ1n) is 12.4. The van der Waals surface area contributed by atoms with Gasteiger partial charge in [-0.3, -0.25) is 0 Å². The van der Waals surface area contributed by atoms with Crippen molar-refractivity contribution in [2.45, 2.75) is 83.2 Å². The minimum absolute atomic E-state index is 0.0721. The van der Waals surface area contributed by atoms with E-state index in [9.17, 15) is 14.2 Å². The predicted molar refractivity (Wildman–Crippen MR) is 133 cm³/mol. The van der Waals surface area contributed by atoms with Crippen molar-refractivity contribution in [3.05, 3.63) is 33.8 Å². The van der Waals surface area contributed by atoms with Gasteiger partial charge in [-0.25, -0.2) is 0 Å². The highest BCUT2D eigenvalue weighted by Gasteiger charge is 2.43. The fraction of sp³-hybridized carbons (Fsp3) is 0.750. The molecule has 0 saturated heterocycles. The first-order chi connectivity index (χ1) is 16.4. The van der Waals surface area contributed by atoms with Crippen molar-refractivity contribution < 1.29 is 32.3 Å². The lowest BCUT2D eigenvalue weighted by atomic mass is 9.78. The van der Waals surface area contributed by atoms with Gasteiger partial charge in [0.1, 0.15) is 26.4 Å². The summed E-state index contributed by atoms with van der Waals surface area (Å²) in [5.74, 6) is 0.529. The van der Waals surface area contributed by atoms with Crippen LogP contribution in [0.15, 0.2) is 12.1 Å². The van der Waals surface area contributed by atoms with Gasteiger partial charge in [-0.1, -0.05) is 43.4 Å². The molecular formula is C24H37ClO7P2+2. The van der Waals surface area contributed by atoms with Crippen molar-refractivity contribution >= 4 is 28.1 Å². The standard InChI is InChI=1S/C24H37ClO7P2/c1-3-29-33(27)31-13-11-24(26,12-14-32-34(28)30-4-2)22-10-9-19-16-20(23(25)17-21(19)22)15-18-7-5-6-8-18/h16-18,22,26H,3-15H2,1-2H3/q+2. The largest absolute Gasteiger partial charge is 0.697 e. The molecule has 0 radical (unpaired) electrons. The zero-order valence-corrected chi connectivity index (χ0v) is 22.7. The average molecular weight is 535 g/mol. The molecule has 1 aromatic carbocycles. The molecule has 0 aliphatic heterocycles. The van der Waals surface area contributed by atoms with Crippen LogP contribution >= 0.6 is 28.1 Å². The number of benzene rings is 1. The zero-order valence-electron chi connectivity index (χ0n) is 20.2. The summed E-state index contributed by atoms with van der Waals surface area (Å²) in [6.07, 6.45) is 8.25. The fourth-order valence-corrected chi connectivity index (χ4v) is 6.57. The Balaban J connectivity index is 1.73. The van der Waals surface area contributed by atoms with Crippen LogP contribution in [0, 0.1) is 5.92 Å². The molecule has 0 aromatic heterocycles. The summed E-state index contributed by atoms with van der Waals surface area (Å²) in [4.78, 5) is 0. The third kappa shape index (κ3) is 7.75. The van der Waals surface area contributed by atoms with E-state index < -0.39 is 22.1 Å². The van der Waals surface area contributed by atoms with Crippen LogP contribution in [-0.4, -0.2) is 37.1 Å². The van der Waals surface area contributed by atoms with Crippen molar-refractivity contribution in [2.24, 2.45) is 5.92 Å². The van der Waals surface area contributed by atoms with Gasteiger partial charge in [-0.05, 0) is 61.8 Å². The molecule has 190 valence electrons. The number of hydrogen-bond acceptors (Lipinski definition) is 7. The minimum atomic E-state index is -2.22. The molecule has 3 atom stereocenters. The van der Waals surface area contributed by atoms with Crippen LogP contribution in [-0.2, 0) is 40.1 Å². The molecule has 34 heavy (non-hydrogen) atoms. The van der Waals surface area contributed by atoms with E-state index in [2.05, 4.69) is 6.07 Å². The van der Waals surface area contributed by atoms with Gasteiger partial charge in [0.15, 0.2) is 0 Å². The van der Waals surface area contributed by atoms with Crippen LogP contribution in [0.4, 0.5) is 0 Å². The van der Waals surface area contributed by atoms with Crippen molar-refractivity contribution in [1.29, 1.82) is 0 Å². The molecule has 3 unspecified atom stereocenters. The molecule has 7 nitrogen and oxygen atoms in total. The quantitative estimate of drug-likeness (QED) is 0.241. The monoisotopic (exact) mass is 534 g/mol. The summed E-state index contributed by atoms with van der Waals surface area (Å²) in [7, 11) is -4.45. The van der Waals surface area contributed by atoms with Gasteiger partial charge >= 0.3 is 16.5 Å². The molecular weight excluding hydrogens is 498 g/mol. The van der Waals surface area contributed by atoms with E-state index in [1.807, 2.05) is 6.07 Å². The Morgan fingerprint density at radius 1 is 0.971 bits per heavy atom. The van der Waals surface area contributed by atoms with E-state index in [1.54, 1.807) is 13.8 Å². The Morgan fingerprint density at radius 2 is 1.56 bits per heavy atom. The number of aliphatic hydroxyl groups is 1. The smallest absolute Gasteiger partial charge is 0.389 e. The molecule has 1 aromatic rings. The number of hydrogen-bond donors (Lipinski definition) is 1. The van der Waals surface area contributed by atoms with E-state index in [4.69, 9.17) is 29.7 Å². The second-order valence-electron chi connectivity index (χ2n) is 9.14. The lowest BCUT2D eigenvalue weighted by Gasteiger charge is -2.34.